The van der Waals surface area contributed by atoms with Crippen LogP contribution in [-0.4, -0.2) is 31.1 Å². The fraction of sp³-hybridized carbons (Fsp3) is 0.462. The number of nitrogens with one attached hydrogen (secondary N) is 1. The van der Waals surface area contributed by atoms with Gasteiger partial charge in [-0.05, 0) is 23.3 Å². The predicted octanol–water partition coefficient (Wildman–Crippen LogP) is 1.30. The van der Waals surface area contributed by atoms with E-state index in [9.17, 15) is 4.39 Å². The molecule has 2 rings (SSSR count). The van der Waals surface area contributed by atoms with Crippen molar-refractivity contribution in [2.24, 2.45) is 0 Å². The van der Waals surface area contributed by atoms with Crippen LogP contribution in [0.25, 0.3) is 0 Å². The third-order valence-electron chi connectivity index (χ3n) is 3.04. The number of nitrogens with zero attached hydrogens (tertiary/aromatic N) is 2. The van der Waals surface area contributed by atoms with Gasteiger partial charge in [-0.3, -0.25) is 4.90 Å². The van der Waals surface area contributed by atoms with Crippen molar-refractivity contribution in [1.29, 1.82) is 5.26 Å². The SMILES string of the molecule is N#CCc1ccc(F)cc1CN1CCNCC1. The van der Waals surface area contributed by atoms with Crippen LogP contribution in [-0.2, 0) is 13.0 Å². The van der Waals surface area contributed by atoms with E-state index in [0.29, 0.717) is 6.42 Å². The monoisotopic (exact) mass is 233 g/mol. The van der Waals surface area contributed by atoms with Crippen molar-refractivity contribution in [3.63, 3.8) is 0 Å². The molecule has 0 unspecified atom stereocenters. The van der Waals surface area contributed by atoms with Crippen LogP contribution in [0.3, 0.4) is 0 Å². The third-order valence-corrected chi connectivity index (χ3v) is 3.04. The largest absolute Gasteiger partial charge is 0.314 e. The Hall–Kier alpha value is -1.44. The second-order valence-corrected chi connectivity index (χ2v) is 4.27. The maximum absolute atomic E-state index is 13.2. The average molecular weight is 233 g/mol. The summed E-state index contributed by atoms with van der Waals surface area (Å²) in [5, 5.41) is 12.0. The number of rotatable bonds is 3. The number of halogens is 1. The van der Waals surface area contributed by atoms with Crippen molar-refractivity contribution >= 4 is 0 Å². The van der Waals surface area contributed by atoms with Gasteiger partial charge in [0.1, 0.15) is 5.82 Å². The number of benzene rings is 1. The summed E-state index contributed by atoms with van der Waals surface area (Å²) >= 11 is 0. The topological polar surface area (TPSA) is 39.1 Å². The van der Waals surface area contributed by atoms with E-state index >= 15 is 0 Å². The molecule has 1 heterocycles. The van der Waals surface area contributed by atoms with E-state index in [2.05, 4.69) is 16.3 Å². The van der Waals surface area contributed by atoms with Gasteiger partial charge in [-0.1, -0.05) is 6.07 Å². The van der Waals surface area contributed by atoms with E-state index in [0.717, 1.165) is 43.9 Å². The molecule has 0 bridgehead atoms. The quantitative estimate of drug-likeness (QED) is 0.855. The molecule has 0 amide bonds. The molecule has 1 fully saturated rings. The van der Waals surface area contributed by atoms with Crippen LogP contribution in [0.1, 0.15) is 11.1 Å². The second-order valence-electron chi connectivity index (χ2n) is 4.27. The van der Waals surface area contributed by atoms with Crippen molar-refractivity contribution in [3.05, 3.63) is 35.1 Å². The molecule has 0 spiro atoms. The zero-order valence-corrected chi connectivity index (χ0v) is 9.75. The third kappa shape index (κ3) is 3.26. The summed E-state index contributed by atoms with van der Waals surface area (Å²) < 4.78 is 13.2. The minimum atomic E-state index is -0.225. The lowest BCUT2D eigenvalue weighted by molar-refractivity contribution is 0.232. The summed E-state index contributed by atoms with van der Waals surface area (Å²) in [7, 11) is 0. The van der Waals surface area contributed by atoms with E-state index in [1.807, 2.05) is 0 Å². The standard InChI is InChI=1S/C13H16FN3/c14-13-2-1-11(3-4-15)12(9-13)10-17-7-5-16-6-8-17/h1-2,9,16H,3,5-8,10H2. The predicted molar refractivity (Wildman–Crippen MR) is 63.9 cm³/mol. The van der Waals surface area contributed by atoms with Gasteiger partial charge in [0.25, 0.3) is 0 Å². The lowest BCUT2D eigenvalue weighted by Gasteiger charge is -2.27. The molecule has 1 aliphatic heterocycles. The van der Waals surface area contributed by atoms with Crippen LogP contribution in [0.5, 0.6) is 0 Å². The lowest BCUT2D eigenvalue weighted by Crippen LogP contribution is -2.43. The molecule has 0 aromatic heterocycles. The molecule has 0 saturated carbocycles. The van der Waals surface area contributed by atoms with E-state index in [-0.39, 0.29) is 5.82 Å². The Kier molecular flexibility index (Phi) is 4.08. The van der Waals surface area contributed by atoms with E-state index in [4.69, 9.17) is 5.26 Å². The van der Waals surface area contributed by atoms with Crippen LogP contribution in [0.2, 0.25) is 0 Å². The van der Waals surface area contributed by atoms with Crippen molar-refractivity contribution in [3.8, 4) is 6.07 Å². The molecule has 17 heavy (non-hydrogen) atoms. The minimum Gasteiger partial charge on any atom is -0.314 e. The summed E-state index contributed by atoms with van der Waals surface area (Å²) in [6, 6.07) is 6.82. The first-order valence-corrected chi connectivity index (χ1v) is 5.87. The van der Waals surface area contributed by atoms with Crippen LogP contribution >= 0.6 is 0 Å². The molecule has 1 N–H and O–H groups in total. The van der Waals surface area contributed by atoms with Crippen LogP contribution < -0.4 is 5.32 Å². The number of nitriles is 1. The molecule has 1 aromatic rings. The summed E-state index contributed by atoms with van der Waals surface area (Å²) in [4.78, 5) is 2.28. The fourth-order valence-corrected chi connectivity index (χ4v) is 2.11. The Bertz CT molecular complexity index is 419. The first-order valence-electron chi connectivity index (χ1n) is 5.87. The molecule has 90 valence electrons. The Morgan fingerprint density at radius 1 is 1.29 bits per heavy atom. The fourth-order valence-electron chi connectivity index (χ4n) is 2.11. The average Bonchev–Trinajstić information content (AvgIpc) is 2.34. The summed E-state index contributed by atoms with van der Waals surface area (Å²) in [5.41, 5.74) is 1.88. The maximum Gasteiger partial charge on any atom is 0.123 e. The van der Waals surface area contributed by atoms with Gasteiger partial charge in [-0.25, -0.2) is 4.39 Å². The smallest absolute Gasteiger partial charge is 0.123 e. The van der Waals surface area contributed by atoms with E-state index in [1.165, 1.54) is 6.07 Å². The highest BCUT2D eigenvalue weighted by atomic mass is 19.1. The molecule has 0 atom stereocenters. The Morgan fingerprint density at radius 3 is 2.76 bits per heavy atom. The van der Waals surface area contributed by atoms with Gasteiger partial charge in [-0.15, -0.1) is 0 Å². The highest BCUT2D eigenvalue weighted by molar-refractivity contribution is 5.30. The highest BCUT2D eigenvalue weighted by Gasteiger charge is 2.12. The Labute approximate surface area is 101 Å². The van der Waals surface area contributed by atoms with Crippen molar-refractivity contribution < 1.29 is 4.39 Å². The van der Waals surface area contributed by atoms with Gasteiger partial charge in [0, 0.05) is 32.7 Å². The number of hydrogen-bond donors (Lipinski definition) is 1. The van der Waals surface area contributed by atoms with Crippen LogP contribution in [0.4, 0.5) is 4.39 Å². The molecule has 0 aliphatic carbocycles. The van der Waals surface area contributed by atoms with Gasteiger partial charge in [-0.2, -0.15) is 5.26 Å². The van der Waals surface area contributed by atoms with Gasteiger partial charge in [0.15, 0.2) is 0 Å². The molecule has 1 aromatic carbocycles. The number of piperazine rings is 1. The number of hydrogen-bond acceptors (Lipinski definition) is 3. The van der Waals surface area contributed by atoms with Gasteiger partial charge >= 0.3 is 0 Å². The zero-order chi connectivity index (χ0) is 12.1. The first-order chi connectivity index (χ1) is 8.29. The lowest BCUT2D eigenvalue weighted by atomic mass is 10.0. The summed E-state index contributed by atoms with van der Waals surface area (Å²) in [6.45, 7) is 4.63. The van der Waals surface area contributed by atoms with E-state index < -0.39 is 0 Å². The molecular weight excluding hydrogens is 217 g/mol. The summed E-state index contributed by atoms with van der Waals surface area (Å²) in [5.74, 6) is -0.225. The molecule has 1 aliphatic rings. The molecule has 3 nitrogen and oxygen atoms in total. The van der Waals surface area contributed by atoms with Crippen LogP contribution in [0, 0.1) is 17.1 Å². The van der Waals surface area contributed by atoms with Crippen molar-refractivity contribution in [2.75, 3.05) is 26.2 Å². The van der Waals surface area contributed by atoms with Gasteiger partial charge in [0.05, 0.1) is 12.5 Å². The van der Waals surface area contributed by atoms with Crippen molar-refractivity contribution in [2.45, 2.75) is 13.0 Å². The highest BCUT2D eigenvalue weighted by Crippen LogP contribution is 2.15. The Balaban J connectivity index is 2.12. The second kappa shape index (κ2) is 5.76. The summed E-state index contributed by atoms with van der Waals surface area (Å²) in [6.07, 6.45) is 0.349. The molecule has 4 heteroatoms. The minimum absolute atomic E-state index is 0.225. The van der Waals surface area contributed by atoms with Gasteiger partial charge < -0.3 is 5.32 Å². The van der Waals surface area contributed by atoms with E-state index in [1.54, 1.807) is 12.1 Å². The first kappa shape index (κ1) is 12.0. The Morgan fingerprint density at radius 2 is 2.06 bits per heavy atom. The molecule has 0 radical (unpaired) electrons. The molecule has 1 saturated heterocycles. The van der Waals surface area contributed by atoms with Gasteiger partial charge in [0.2, 0.25) is 0 Å². The van der Waals surface area contributed by atoms with Crippen molar-refractivity contribution in [1.82, 2.24) is 10.2 Å². The van der Waals surface area contributed by atoms with Crippen LogP contribution in [0.15, 0.2) is 18.2 Å². The molecular formula is C13H16FN3. The normalized spacial score (nSPS) is 16.7. The maximum atomic E-state index is 13.2. The zero-order valence-electron chi connectivity index (χ0n) is 9.75.